The third kappa shape index (κ3) is 3.67. The Bertz CT molecular complexity index is 623. The Kier molecular flexibility index (Phi) is 5.24. The van der Waals surface area contributed by atoms with Crippen molar-refractivity contribution in [2.75, 3.05) is 18.8 Å². The van der Waals surface area contributed by atoms with Crippen LogP contribution in [0.5, 0.6) is 0 Å². The number of nitrogen functional groups attached to an aromatic ring is 1. The zero-order chi connectivity index (χ0) is 16.4. The van der Waals surface area contributed by atoms with E-state index in [9.17, 15) is 22.9 Å². The molecule has 118 valence electrons. The normalized spacial score (nSPS) is 12.1. The first kappa shape index (κ1) is 17.3. The summed E-state index contributed by atoms with van der Waals surface area (Å²) < 4.78 is 40.0. The van der Waals surface area contributed by atoms with Gasteiger partial charge in [-0.15, -0.1) is 0 Å². The second kappa shape index (κ2) is 6.35. The first-order valence-electron chi connectivity index (χ1n) is 6.34. The number of nitro benzene ring substituents is 1. The van der Waals surface area contributed by atoms with Crippen LogP contribution in [0.2, 0.25) is 0 Å². The number of nitro groups is 1. The maximum absolute atomic E-state index is 14.0. The first-order valence-corrected chi connectivity index (χ1v) is 7.78. The van der Waals surface area contributed by atoms with Gasteiger partial charge in [-0.3, -0.25) is 10.1 Å². The number of nitrogens with two attached hydrogens (primary N) is 1. The molecule has 1 rings (SSSR count). The Hall–Kier alpha value is -1.74. The second-order valence-electron chi connectivity index (χ2n) is 4.95. The molecule has 0 aromatic heterocycles. The lowest BCUT2D eigenvalue weighted by molar-refractivity contribution is -0.385. The number of nitrogens with zero attached hydrogens (tertiary/aromatic N) is 2. The minimum Gasteiger partial charge on any atom is -0.397 e. The molecule has 0 fully saturated rings. The Morgan fingerprint density at radius 1 is 1.43 bits per heavy atom. The summed E-state index contributed by atoms with van der Waals surface area (Å²) in [5, 5.41) is 10.6. The fourth-order valence-corrected chi connectivity index (χ4v) is 3.67. The molecule has 0 saturated heterocycles. The lowest BCUT2D eigenvalue weighted by atomic mass is 10.2. The molecule has 0 aliphatic heterocycles. The molecule has 0 heterocycles. The van der Waals surface area contributed by atoms with Gasteiger partial charge in [0.25, 0.3) is 5.69 Å². The highest BCUT2D eigenvalue weighted by atomic mass is 32.2. The van der Waals surface area contributed by atoms with Gasteiger partial charge in [0.05, 0.1) is 16.7 Å². The SMILES string of the molecule is CCN(CC(C)C)S(=O)(=O)c1c(N)cc([N+](=O)[O-])cc1F. The molecule has 0 spiro atoms. The van der Waals surface area contributed by atoms with Gasteiger partial charge in [0, 0.05) is 19.2 Å². The molecule has 0 aliphatic rings. The summed E-state index contributed by atoms with van der Waals surface area (Å²) in [7, 11) is -4.14. The van der Waals surface area contributed by atoms with E-state index < -0.39 is 37.0 Å². The summed E-state index contributed by atoms with van der Waals surface area (Å²) in [4.78, 5) is 9.08. The quantitative estimate of drug-likeness (QED) is 0.490. The minimum atomic E-state index is -4.14. The molecule has 0 saturated carbocycles. The number of rotatable bonds is 6. The molecule has 1 aromatic carbocycles. The summed E-state index contributed by atoms with van der Waals surface area (Å²) in [6.07, 6.45) is 0. The van der Waals surface area contributed by atoms with Gasteiger partial charge >= 0.3 is 0 Å². The molecule has 1 aromatic rings. The van der Waals surface area contributed by atoms with Crippen molar-refractivity contribution in [1.82, 2.24) is 4.31 Å². The van der Waals surface area contributed by atoms with Crippen molar-refractivity contribution in [2.45, 2.75) is 25.7 Å². The van der Waals surface area contributed by atoms with E-state index in [-0.39, 0.29) is 19.0 Å². The molecule has 0 bridgehead atoms. The van der Waals surface area contributed by atoms with Crippen molar-refractivity contribution in [3.05, 3.63) is 28.1 Å². The average molecular weight is 319 g/mol. The predicted octanol–water partition coefficient (Wildman–Crippen LogP) is 1.98. The van der Waals surface area contributed by atoms with Gasteiger partial charge in [-0.05, 0) is 5.92 Å². The van der Waals surface area contributed by atoms with Crippen LogP contribution in [0.3, 0.4) is 0 Å². The minimum absolute atomic E-state index is 0.0436. The van der Waals surface area contributed by atoms with Crippen LogP contribution in [0.15, 0.2) is 17.0 Å². The Labute approximate surface area is 122 Å². The van der Waals surface area contributed by atoms with Crippen LogP contribution < -0.4 is 5.73 Å². The number of halogens is 1. The van der Waals surface area contributed by atoms with E-state index in [0.717, 1.165) is 10.4 Å². The lowest BCUT2D eigenvalue weighted by Gasteiger charge is -2.23. The van der Waals surface area contributed by atoms with Crippen molar-refractivity contribution >= 4 is 21.4 Å². The largest absolute Gasteiger partial charge is 0.397 e. The van der Waals surface area contributed by atoms with Crippen LogP contribution in [0.25, 0.3) is 0 Å². The third-order valence-electron chi connectivity index (χ3n) is 2.79. The summed E-state index contributed by atoms with van der Waals surface area (Å²) in [5.74, 6) is -1.18. The highest BCUT2D eigenvalue weighted by Gasteiger charge is 2.31. The molecular formula is C12H18FN3O4S. The summed E-state index contributed by atoms with van der Waals surface area (Å²) in [5.41, 5.74) is 4.46. The van der Waals surface area contributed by atoms with Gasteiger partial charge in [0.2, 0.25) is 10.0 Å². The van der Waals surface area contributed by atoms with Gasteiger partial charge in [-0.2, -0.15) is 4.31 Å². The van der Waals surface area contributed by atoms with Crippen LogP contribution in [0.4, 0.5) is 15.8 Å². The molecule has 9 heteroatoms. The smallest absolute Gasteiger partial charge is 0.274 e. The van der Waals surface area contributed by atoms with Crippen LogP contribution in [-0.4, -0.2) is 30.7 Å². The Morgan fingerprint density at radius 2 is 2.00 bits per heavy atom. The van der Waals surface area contributed by atoms with Crippen molar-refractivity contribution in [3.63, 3.8) is 0 Å². The molecule has 0 amide bonds. The fraction of sp³-hybridized carbons (Fsp3) is 0.500. The molecule has 0 unspecified atom stereocenters. The van der Waals surface area contributed by atoms with Gasteiger partial charge in [0.1, 0.15) is 4.90 Å². The third-order valence-corrected chi connectivity index (χ3v) is 4.82. The standard InChI is InChI=1S/C12H18FN3O4S/c1-4-15(7-8(2)3)21(19,20)12-10(13)5-9(16(17)18)6-11(12)14/h5-6,8H,4,7,14H2,1-3H3. The molecule has 21 heavy (non-hydrogen) atoms. The van der Waals surface area contributed by atoms with Crippen LogP contribution in [0.1, 0.15) is 20.8 Å². The van der Waals surface area contributed by atoms with E-state index >= 15 is 0 Å². The zero-order valence-electron chi connectivity index (χ0n) is 12.0. The molecule has 0 atom stereocenters. The summed E-state index contributed by atoms with van der Waals surface area (Å²) in [6.45, 7) is 5.63. The highest BCUT2D eigenvalue weighted by Crippen LogP contribution is 2.30. The number of anilines is 1. The maximum Gasteiger partial charge on any atom is 0.274 e. The van der Waals surface area contributed by atoms with Gasteiger partial charge in [-0.1, -0.05) is 20.8 Å². The average Bonchev–Trinajstić information content (AvgIpc) is 2.33. The van der Waals surface area contributed by atoms with E-state index in [1.54, 1.807) is 6.92 Å². The highest BCUT2D eigenvalue weighted by molar-refractivity contribution is 7.89. The van der Waals surface area contributed by atoms with Crippen molar-refractivity contribution in [3.8, 4) is 0 Å². The molecule has 7 nitrogen and oxygen atoms in total. The molecule has 2 N–H and O–H groups in total. The van der Waals surface area contributed by atoms with Crippen LogP contribution in [0, 0.1) is 21.8 Å². The summed E-state index contributed by atoms with van der Waals surface area (Å²) >= 11 is 0. The predicted molar refractivity (Wildman–Crippen MR) is 76.7 cm³/mol. The summed E-state index contributed by atoms with van der Waals surface area (Å²) in [6, 6.07) is 1.41. The van der Waals surface area contributed by atoms with Crippen molar-refractivity contribution in [1.29, 1.82) is 0 Å². The second-order valence-corrected chi connectivity index (χ2v) is 6.83. The van der Waals surface area contributed by atoms with E-state index in [1.807, 2.05) is 13.8 Å². The first-order chi connectivity index (χ1) is 9.61. The number of non-ortho nitro benzene ring substituents is 1. The molecular weight excluding hydrogens is 301 g/mol. The monoisotopic (exact) mass is 319 g/mol. The van der Waals surface area contributed by atoms with E-state index in [1.165, 1.54) is 0 Å². The molecule has 0 radical (unpaired) electrons. The van der Waals surface area contributed by atoms with E-state index in [0.29, 0.717) is 6.07 Å². The number of benzene rings is 1. The number of hydrogen-bond donors (Lipinski definition) is 1. The van der Waals surface area contributed by atoms with Gasteiger partial charge in [-0.25, -0.2) is 12.8 Å². The molecule has 0 aliphatic carbocycles. The van der Waals surface area contributed by atoms with Crippen molar-refractivity contribution < 1.29 is 17.7 Å². The fourth-order valence-electron chi connectivity index (χ4n) is 1.91. The van der Waals surface area contributed by atoms with Crippen LogP contribution >= 0.6 is 0 Å². The number of hydrogen-bond acceptors (Lipinski definition) is 5. The maximum atomic E-state index is 14.0. The Balaban J connectivity index is 3.41. The Morgan fingerprint density at radius 3 is 2.38 bits per heavy atom. The van der Waals surface area contributed by atoms with E-state index in [4.69, 9.17) is 5.73 Å². The van der Waals surface area contributed by atoms with Gasteiger partial charge in [0.15, 0.2) is 5.82 Å². The topological polar surface area (TPSA) is 107 Å². The van der Waals surface area contributed by atoms with Crippen LogP contribution in [-0.2, 0) is 10.0 Å². The van der Waals surface area contributed by atoms with Gasteiger partial charge < -0.3 is 5.73 Å². The zero-order valence-corrected chi connectivity index (χ0v) is 12.9. The lowest BCUT2D eigenvalue weighted by Crippen LogP contribution is -2.35. The van der Waals surface area contributed by atoms with E-state index in [2.05, 4.69) is 0 Å². The van der Waals surface area contributed by atoms with Crippen molar-refractivity contribution in [2.24, 2.45) is 5.92 Å². The number of sulfonamides is 1.